The van der Waals surface area contributed by atoms with Crippen LogP contribution in [0.15, 0.2) is 65.8 Å². The average molecular weight is 440 g/mol. The topological polar surface area (TPSA) is 58.6 Å². The van der Waals surface area contributed by atoms with Gasteiger partial charge in [0.1, 0.15) is 6.10 Å². The molecular formula is C28H41NO3. The highest BCUT2D eigenvalue weighted by Gasteiger charge is 2.25. The van der Waals surface area contributed by atoms with E-state index in [1.165, 1.54) is 5.57 Å². The second-order valence-electron chi connectivity index (χ2n) is 9.75. The van der Waals surface area contributed by atoms with E-state index < -0.39 is 17.8 Å². The van der Waals surface area contributed by atoms with Gasteiger partial charge in [-0.25, -0.2) is 4.79 Å². The van der Waals surface area contributed by atoms with Crippen LogP contribution in [0.1, 0.15) is 72.3 Å². The van der Waals surface area contributed by atoms with E-state index in [0.29, 0.717) is 24.8 Å². The van der Waals surface area contributed by atoms with Crippen LogP contribution in [0.3, 0.4) is 0 Å². The number of benzene rings is 1. The predicted molar refractivity (Wildman–Crippen MR) is 132 cm³/mol. The Balaban J connectivity index is 2.15. The minimum Gasteiger partial charge on any atom is -0.442 e. The molecule has 1 aromatic carbocycles. The highest BCUT2D eigenvalue weighted by atomic mass is 16.6. The van der Waals surface area contributed by atoms with Gasteiger partial charge in [-0.15, -0.1) is 0 Å². The molecule has 2 rings (SSSR count). The molecule has 3 atom stereocenters. The molecule has 1 aliphatic carbocycles. The summed E-state index contributed by atoms with van der Waals surface area (Å²) >= 11 is 0. The van der Waals surface area contributed by atoms with Crippen LogP contribution in [0.25, 0.3) is 0 Å². The van der Waals surface area contributed by atoms with E-state index >= 15 is 0 Å². The highest BCUT2D eigenvalue weighted by molar-refractivity contribution is 5.67. The Bertz CT molecular complexity index is 805. The van der Waals surface area contributed by atoms with Crippen molar-refractivity contribution in [1.82, 2.24) is 5.32 Å². The number of carbonyl (C=O) groups excluding carboxylic acids is 1. The number of aliphatic hydroxyl groups is 1. The molecule has 176 valence electrons. The summed E-state index contributed by atoms with van der Waals surface area (Å²) in [7, 11) is 0. The molecule has 0 fully saturated rings. The number of ether oxygens (including phenoxy) is 1. The first-order chi connectivity index (χ1) is 15.1. The summed E-state index contributed by atoms with van der Waals surface area (Å²) in [5.74, 6) is 0.902. The minimum absolute atomic E-state index is 0.319. The second-order valence-corrected chi connectivity index (χ2v) is 9.75. The first-order valence-electron chi connectivity index (χ1n) is 11.9. The smallest absolute Gasteiger partial charge is 0.407 e. The summed E-state index contributed by atoms with van der Waals surface area (Å²) in [5.41, 5.74) is 2.52. The van der Waals surface area contributed by atoms with Gasteiger partial charge in [0.25, 0.3) is 0 Å². The van der Waals surface area contributed by atoms with E-state index in [9.17, 15) is 9.90 Å². The van der Waals surface area contributed by atoms with Gasteiger partial charge in [-0.2, -0.15) is 0 Å². The van der Waals surface area contributed by atoms with Crippen LogP contribution in [0, 0.1) is 11.8 Å². The average Bonchev–Trinajstić information content (AvgIpc) is 2.71. The van der Waals surface area contributed by atoms with Crippen molar-refractivity contribution in [2.45, 2.75) is 85.0 Å². The Kier molecular flexibility index (Phi) is 10.2. The first kappa shape index (κ1) is 25.9. The number of hydrogen-bond donors (Lipinski definition) is 2. The standard InChI is InChI=1S/C28H41NO3/c1-21(2)25-15-14-22(3)10-9-11-23(4)18-26(19-28(5,31)17-16-25)32-27(30)29-20-24-12-7-6-8-13-24/h6-8,10,12-13,16-18,21,25-26,31H,9,11,14-15,19-20H2,1-5H3,(H,29,30)/b17-16+,22-10+,23-18+/t25?,26-,28-/m0/s1. The Morgan fingerprint density at radius 2 is 1.91 bits per heavy atom. The van der Waals surface area contributed by atoms with Crippen molar-refractivity contribution in [3.8, 4) is 0 Å². The fraction of sp³-hybridized carbons (Fsp3) is 0.536. The lowest BCUT2D eigenvalue weighted by Crippen LogP contribution is -2.33. The maximum absolute atomic E-state index is 12.5. The molecule has 1 aliphatic rings. The fourth-order valence-electron chi connectivity index (χ4n) is 3.99. The van der Waals surface area contributed by atoms with Gasteiger partial charge in [0, 0.05) is 13.0 Å². The molecule has 4 nitrogen and oxygen atoms in total. The number of hydrogen-bond acceptors (Lipinski definition) is 3. The fourth-order valence-corrected chi connectivity index (χ4v) is 3.99. The van der Waals surface area contributed by atoms with E-state index in [4.69, 9.17) is 4.74 Å². The summed E-state index contributed by atoms with van der Waals surface area (Å²) in [6.45, 7) is 10.9. The van der Waals surface area contributed by atoms with E-state index in [2.05, 4.69) is 45.2 Å². The van der Waals surface area contributed by atoms with E-state index in [0.717, 1.165) is 36.8 Å². The van der Waals surface area contributed by atoms with Crippen molar-refractivity contribution in [3.05, 3.63) is 71.3 Å². The van der Waals surface area contributed by atoms with Crippen molar-refractivity contribution >= 4 is 6.09 Å². The van der Waals surface area contributed by atoms with Gasteiger partial charge >= 0.3 is 6.09 Å². The molecular weight excluding hydrogens is 398 g/mol. The van der Waals surface area contributed by atoms with Crippen molar-refractivity contribution in [1.29, 1.82) is 0 Å². The largest absolute Gasteiger partial charge is 0.442 e. The number of alkyl carbamates (subject to hydrolysis) is 1. The molecule has 0 radical (unpaired) electrons. The van der Waals surface area contributed by atoms with Gasteiger partial charge in [0.15, 0.2) is 0 Å². The molecule has 1 amide bonds. The molecule has 0 saturated heterocycles. The third-order valence-corrected chi connectivity index (χ3v) is 6.09. The monoisotopic (exact) mass is 439 g/mol. The summed E-state index contributed by atoms with van der Waals surface area (Å²) in [6, 6.07) is 9.75. The molecule has 0 bridgehead atoms. The molecule has 1 unspecified atom stereocenters. The number of nitrogens with one attached hydrogen (secondary N) is 1. The quantitative estimate of drug-likeness (QED) is 0.512. The van der Waals surface area contributed by atoms with Gasteiger partial charge in [0.05, 0.1) is 5.60 Å². The van der Waals surface area contributed by atoms with Crippen molar-refractivity contribution in [2.24, 2.45) is 11.8 Å². The number of amides is 1. The Morgan fingerprint density at radius 1 is 1.19 bits per heavy atom. The summed E-state index contributed by atoms with van der Waals surface area (Å²) < 4.78 is 5.74. The molecule has 0 heterocycles. The second kappa shape index (κ2) is 12.6. The molecule has 0 aromatic heterocycles. The third kappa shape index (κ3) is 9.86. The molecule has 0 spiro atoms. The zero-order valence-corrected chi connectivity index (χ0v) is 20.4. The molecule has 1 aromatic rings. The van der Waals surface area contributed by atoms with E-state index in [-0.39, 0.29) is 0 Å². The van der Waals surface area contributed by atoms with Crippen molar-refractivity contribution in [2.75, 3.05) is 0 Å². The normalized spacial score (nSPS) is 29.7. The van der Waals surface area contributed by atoms with Gasteiger partial charge < -0.3 is 15.2 Å². The zero-order valence-electron chi connectivity index (χ0n) is 20.4. The first-order valence-corrected chi connectivity index (χ1v) is 11.9. The van der Waals surface area contributed by atoms with Crippen molar-refractivity contribution < 1.29 is 14.6 Å². The zero-order chi connectivity index (χ0) is 23.6. The van der Waals surface area contributed by atoms with Crippen molar-refractivity contribution in [3.63, 3.8) is 0 Å². The van der Waals surface area contributed by atoms with Gasteiger partial charge in [-0.3, -0.25) is 0 Å². The lowest BCUT2D eigenvalue weighted by Gasteiger charge is -2.26. The molecule has 4 heteroatoms. The summed E-state index contributed by atoms with van der Waals surface area (Å²) in [6.07, 6.45) is 11.7. The minimum atomic E-state index is -1.07. The lowest BCUT2D eigenvalue weighted by molar-refractivity contribution is 0.0426. The highest BCUT2D eigenvalue weighted by Crippen LogP contribution is 2.26. The van der Waals surface area contributed by atoms with E-state index in [1.807, 2.05) is 42.5 Å². The number of allylic oxidation sites excluding steroid dienone is 4. The van der Waals surface area contributed by atoms with Crippen LogP contribution >= 0.6 is 0 Å². The maximum atomic E-state index is 12.5. The number of rotatable bonds is 4. The SMILES string of the molecule is C/C1=C\[C@H](OC(=O)NCc2ccccc2)C[C@@](C)(O)/C=C/C(C(C)C)CC/C(C)=C/CC1. The van der Waals surface area contributed by atoms with Crippen LogP contribution in [-0.2, 0) is 11.3 Å². The summed E-state index contributed by atoms with van der Waals surface area (Å²) in [5, 5.41) is 13.9. The predicted octanol–water partition coefficient (Wildman–Crippen LogP) is 6.72. The van der Waals surface area contributed by atoms with Crippen LogP contribution in [-0.4, -0.2) is 22.9 Å². The summed E-state index contributed by atoms with van der Waals surface area (Å²) in [4.78, 5) is 12.5. The van der Waals surface area contributed by atoms with E-state index in [1.54, 1.807) is 6.92 Å². The lowest BCUT2D eigenvalue weighted by atomic mass is 9.86. The molecule has 0 saturated carbocycles. The molecule has 0 aliphatic heterocycles. The van der Waals surface area contributed by atoms with Crippen LogP contribution in [0.5, 0.6) is 0 Å². The van der Waals surface area contributed by atoms with Crippen LogP contribution in [0.4, 0.5) is 4.79 Å². The van der Waals surface area contributed by atoms with Gasteiger partial charge in [-0.1, -0.05) is 73.6 Å². The van der Waals surface area contributed by atoms with Crippen LogP contribution in [0.2, 0.25) is 0 Å². The third-order valence-electron chi connectivity index (χ3n) is 6.09. The molecule has 2 N–H and O–H groups in total. The van der Waals surface area contributed by atoms with Gasteiger partial charge in [-0.05, 0) is 69.9 Å². The Labute approximate surface area is 194 Å². The Morgan fingerprint density at radius 3 is 2.59 bits per heavy atom. The maximum Gasteiger partial charge on any atom is 0.407 e. The molecule has 32 heavy (non-hydrogen) atoms. The Hall–Kier alpha value is -2.33. The van der Waals surface area contributed by atoms with Gasteiger partial charge in [0.2, 0.25) is 0 Å². The van der Waals surface area contributed by atoms with Crippen LogP contribution < -0.4 is 5.32 Å². The number of carbonyl (C=O) groups is 1.